The zero-order chi connectivity index (χ0) is 18.9. The van der Waals surface area contributed by atoms with Crippen LogP contribution >= 0.6 is 15.9 Å². The third-order valence-corrected chi connectivity index (χ3v) is 3.89. The number of hydrogen-bond donors (Lipinski definition) is 2. The van der Waals surface area contributed by atoms with Gasteiger partial charge in [-0.3, -0.25) is 0 Å². The maximum absolute atomic E-state index is 8.49. The van der Waals surface area contributed by atoms with E-state index < -0.39 is 10.2 Å². The second kappa shape index (κ2) is 7.16. The van der Waals surface area contributed by atoms with Crippen LogP contribution in [0.1, 0.15) is 0 Å². The fourth-order valence-corrected chi connectivity index (χ4v) is 2.77. The Bertz CT molecular complexity index is 1100. The summed E-state index contributed by atoms with van der Waals surface area (Å²) in [6.07, 6.45) is 0. The Morgan fingerprint density at radius 2 is 1.73 bits per heavy atom. The van der Waals surface area contributed by atoms with Crippen LogP contribution in [0.4, 0.5) is 0 Å². The van der Waals surface area contributed by atoms with Crippen molar-refractivity contribution in [3.05, 3.63) is 58.6 Å². The Labute approximate surface area is 156 Å². The fourth-order valence-electron chi connectivity index (χ4n) is 2.39. The number of hydrogen-bond acceptors (Lipinski definition) is 6. The fraction of sp³-hybridized carbons (Fsp3) is 0. The molecule has 2 aromatic carbocycles. The van der Waals surface area contributed by atoms with E-state index in [1.165, 1.54) is 0 Å². The molecule has 4 aromatic rings. The molecular weight excluding hydrogens is 430 g/mol. The van der Waals surface area contributed by atoms with E-state index in [1.807, 2.05) is 48.5 Å². The molecule has 3 N–H and O–H groups in total. The Balaban J connectivity index is 0.000000349. The molecule has 0 amide bonds. The molecule has 10 heteroatoms. The molecule has 0 saturated heterocycles. The van der Waals surface area contributed by atoms with Gasteiger partial charge >= 0.3 is 5.55 Å². The number of nitrogens with zero attached hydrogens (tertiary/aromatic N) is 1. The first-order valence-corrected chi connectivity index (χ1v) is 9.12. The highest BCUT2D eigenvalue weighted by Crippen LogP contribution is 2.23. The predicted octanol–water partition coefficient (Wildman–Crippen LogP) is -2.36. The van der Waals surface area contributed by atoms with Gasteiger partial charge in [-0.2, -0.15) is 0 Å². The van der Waals surface area contributed by atoms with Crippen molar-refractivity contribution < 1.29 is 38.7 Å². The maximum Gasteiger partial charge on any atom is 0.375 e. The monoisotopic (exact) mass is 439 g/mol. The van der Waals surface area contributed by atoms with E-state index in [2.05, 4.69) is 25.9 Å². The van der Waals surface area contributed by atoms with E-state index in [4.69, 9.17) is 28.5 Å². The topological polar surface area (TPSA) is 160 Å². The molecule has 0 spiro atoms. The van der Waals surface area contributed by atoms with Gasteiger partial charge in [0.2, 0.25) is 0 Å². The van der Waals surface area contributed by atoms with Crippen LogP contribution < -0.4 is 29.6 Å². The third kappa shape index (κ3) is 4.47. The SMILES string of the molecule is [NH2+]=c1oc2ccc(Br)cc2cc1-c1nc2ccccc2[nH]1.[O-][Cl+3]([O-])([O-])[O-]. The Morgan fingerprint density at radius 3 is 2.42 bits per heavy atom. The number of para-hydroxylation sites is 2. The summed E-state index contributed by atoms with van der Waals surface area (Å²) in [5.74, 6) is 0.708. The van der Waals surface area contributed by atoms with Crippen LogP contribution in [0.15, 0.2) is 57.4 Å². The van der Waals surface area contributed by atoms with Crippen LogP contribution in [-0.2, 0) is 0 Å². The van der Waals surface area contributed by atoms with Crippen molar-refractivity contribution in [1.29, 1.82) is 0 Å². The summed E-state index contributed by atoms with van der Waals surface area (Å²) in [5, 5.41) is 7.01. The molecule has 0 radical (unpaired) electrons. The molecule has 134 valence electrons. The van der Waals surface area contributed by atoms with Crippen LogP contribution in [0, 0.1) is 10.2 Å². The van der Waals surface area contributed by atoms with Crippen molar-refractivity contribution in [3.8, 4) is 11.4 Å². The lowest BCUT2D eigenvalue weighted by atomic mass is 10.2. The van der Waals surface area contributed by atoms with E-state index in [-0.39, 0.29) is 0 Å². The summed E-state index contributed by atoms with van der Waals surface area (Å²) < 4.78 is 40.7. The van der Waals surface area contributed by atoms with Crippen LogP contribution in [0.5, 0.6) is 0 Å². The summed E-state index contributed by atoms with van der Waals surface area (Å²) >= 11 is 3.46. The first kappa shape index (κ1) is 18.5. The molecule has 8 nitrogen and oxygen atoms in total. The van der Waals surface area contributed by atoms with Crippen molar-refractivity contribution in [2.24, 2.45) is 0 Å². The van der Waals surface area contributed by atoms with Gasteiger partial charge in [-0.15, -0.1) is 10.2 Å². The minimum absolute atomic E-state index is 0.351. The van der Waals surface area contributed by atoms with Crippen molar-refractivity contribution in [1.82, 2.24) is 9.97 Å². The minimum atomic E-state index is -4.94. The van der Waals surface area contributed by atoms with Gasteiger partial charge < -0.3 is 9.40 Å². The summed E-state index contributed by atoms with van der Waals surface area (Å²) in [6.45, 7) is 0. The third-order valence-electron chi connectivity index (χ3n) is 3.40. The minimum Gasteiger partial charge on any atom is -0.404 e. The van der Waals surface area contributed by atoms with Crippen molar-refractivity contribution in [2.75, 3.05) is 0 Å². The van der Waals surface area contributed by atoms with Crippen molar-refractivity contribution in [2.45, 2.75) is 0 Å². The van der Waals surface area contributed by atoms with E-state index in [0.717, 1.165) is 32.0 Å². The Hall–Kier alpha value is -2.27. The van der Waals surface area contributed by atoms with Crippen LogP contribution in [-0.4, -0.2) is 9.97 Å². The number of aromatic amines is 1. The number of nitrogens with one attached hydrogen (secondary N) is 1. The van der Waals surface area contributed by atoms with Gasteiger partial charge in [0, 0.05) is 9.86 Å². The molecular formula is C16H11BrClN3O5. The largest absolute Gasteiger partial charge is 0.404 e. The van der Waals surface area contributed by atoms with Crippen molar-refractivity contribution >= 4 is 37.9 Å². The molecule has 0 atom stereocenters. The van der Waals surface area contributed by atoms with Gasteiger partial charge in [-0.1, -0.05) is 28.1 Å². The van der Waals surface area contributed by atoms with E-state index in [0.29, 0.717) is 11.4 Å². The number of H-pyrrole nitrogens is 1. The van der Waals surface area contributed by atoms with Gasteiger partial charge in [-0.05, 0) is 36.4 Å². The van der Waals surface area contributed by atoms with E-state index in [1.54, 1.807) is 0 Å². The number of imidazole rings is 1. The second-order valence-electron chi connectivity index (χ2n) is 5.19. The van der Waals surface area contributed by atoms with Gasteiger partial charge in [0.15, 0.2) is 0 Å². The van der Waals surface area contributed by atoms with Gasteiger partial charge in [-0.25, -0.2) is 29.0 Å². The smallest absolute Gasteiger partial charge is 0.375 e. The normalized spacial score (nSPS) is 11.4. The maximum atomic E-state index is 8.49. The first-order chi connectivity index (χ1) is 12.2. The number of aromatic nitrogens is 2. The van der Waals surface area contributed by atoms with Gasteiger partial charge in [0.1, 0.15) is 17.0 Å². The molecule has 0 fully saturated rings. The van der Waals surface area contributed by atoms with Crippen molar-refractivity contribution in [3.63, 3.8) is 0 Å². The molecule has 0 unspecified atom stereocenters. The van der Waals surface area contributed by atoms with Crippen LogP contribution in [0.25, 0.3) is 33.4 Å². The number of benzene rings is 2. The first-order valence-electron chi connectivity index (χ1n) is 7.09. The van der Waals surface area contributed by atoms with Crippen LogP contribution in [0.2, 0.25) is 0 Å². The molecule has 0 saturated carbocycles. The second-order valence-corrected chi connectivity index (χ2v) is 6.86. The summed E-state index contributed by atoms with van der Waals surface area (Å²) in [4.78, 5) is 7.83. The number of fused-ring (bicyclic) bond motifs is 2. The average Bonchev–Trinajstić information content (AvgIpc) is 2.97. The highest BCUT2D eigenvalue weighted by atomic mass is 79.9. The lowest BCUT2D eigenvalue weighted by Gasteiger charge is -2.17. The Kier molecular flexibility index (Phi) is 5.10. The molecule has 26 heavy (non-hydrogen) atoms. The molecule has 2 heterocycles. The van der Waals surface area contributed by atoms with Crippen LogP contribution in [0.3, 0.4) is 0 Å². The standard InChI is InChI=1S/C16H10BrN3O.ClHO4/c17-10-5-6-14-9(7-10)8-11(15(18)21-14)16-19-12-3-1-2-4-13(12)20-16;2-1(3,4)5/h1-8,18H,(H,19,20);(H,2,3,4,5). The van der Waals surface area contributed by atoms with E-state index >= 15 is 0 Å². The zero-order valence-corrected chi connectivity index (χ0v) is 15.3. The highest BCUT2D eigenvalue weighted by Gasteiger charge is 2.13. The quantitative estimate of drug-likeness (QED) is 0.337. The molecule has 0 aliphatic heterocycles. The summed E-state index contributed by atoms with van der Waals surface area (Å²) in [5.41, 5.74) is 3.73. The van der Waals surface area contributed by atoms with E-state index in [9.17, 15) is 0 Å². The van der Waals surface area contributed by atoms with Gasteiger partial charge in [0.25, 0.3) is 0 Å². The summed E-state index contributed by atoms with van der Waals surface area (Å²) in [6, 6.07) is 15.6. The summed E-state index contributed by atoms with van der Waals surface area (Å²) in [7, 11) is -4.94. The molecule has 4 rings (SSSR count). The Morgan fingerprint density at radius 1 is 1.04 bits per heavy atom. The zero-order valence-electron chi connectivity index (χ0n) is 12.9. The number of halogens is 2. The number of nitrogens with two attached hydrogens (primary N) is 1. The highest BCUT2D eigenvalue weighted by molar-refractivity contribution is 9.10. The molecule has 2 aromatic heterocycles. The number of rotatable bonds is 1. The lowest BCUT2D eigenvalue weighted by molar-refractivity contribution is -2.00. The average molecular weight is 441 g/mol. The molecule has 0 bridgehead atoms. The van der Waals surface area contributed by atoms with Gasteiger partial charge in [0.05, 0.1) is 11.0 Å². The predicted molar refractivity (Wildman–Crippen MR) is 84.1 cm³/mol. The molecule has 0 aliphatic rings. The lowest BCUT2D eigenvalue weighted by Crippen LogP contribution is -2.68. The molecule has 0 aliphatic carbocycles.